The molecule has 6 nitrogen and oxygen atoms in total. The first-order chi connectivity index (χ1) is 17.3. The summed E-state index contributed by atoms with van der Waals surface area (Å²) in [4.78, 5) is 7.69. The lowest BCUT2D eigenvalue weighted by atomic mass is 10.1. The van der Waals surface area contributed by atoms with Crippen LogP contribution in [0.2, 0.25) is 5.02 Å². The molecule has 1 fully saturated rings. The molecule has 2 aromatic carbocycles. The Morgan fingerprint density at radius 1 is 1.11 bits per heavy atom. The normalized spacial score (nSPS) is 14.5. The first-order valence-corrected chi connectivity index (χ1v) is 12.4. The van der Waals surface area contributed by atoms with Crippen molar-refractivity contribution < 1.29 is 27.4 Å². The zero-order valence-electron chi connectivity index (χ0n) is 19.2. The van der Waals surface area contributed by atoms with Crippen LogP contribution in [0.4, 0.5) is 13.2 Å². The van der Waals surface area contributed by atoms with Gasteiger partial charge < -0.3 is 14.2 Å². The highest BCUT2D eigenvalue weighted by Crippen LogP contribution is 2.34. The van der Waals surface area contributed by atoms with Crippen LogP contribution in [0.5, 0.6) is 5.75 Å². The number of hydrogen-bond acceptors (Lipinski definition) is 7. The van der Waals surface area contributed by atoms with E-state index in [-0.39, 0.29) is 18.2 Å². The molecular weight excluding hydrogens is 515 g/mol. The van der Waals surface area contributed by atoms with Gasteiger partial charge in [0.1, 0.15) is 23.4 Å². The topological polar surface area (TPSA) is 67.6 Å². The third-order valence-corrected chi connectivity index (χ3v) is 7.00. The predicted molar refractivity (Wildman–Crippen MR) is 130 cm³/mol. The molecule has 0 bridgehead atoms. The van der Waals surface area contributed by atoms with E-state index in [0.29, 0.717) is 47.4 Å². The summed E-state index contributed by atoms with van der Waals surface area (Å²) in [5, 5.41) is 9.91. The smallest absolute Gasteiger partial charge is 0.416 e. The lowest BCUT2D eigenvalue weighted by molar-refractivity contribution is -0.137. The van der Waals surface area contributed by atoms with Crippen LogP contribution in [0.25, 0.3) is 10.6 Å². The zero-order chi connectivity index (χ0) is 25.5. The monoisotopic (exact) mass is 537 g/mol. The fourth-order valence-corrected chi connectivity index (χ4v) is 4.74. The molecule has 0 saturated carbocycles. The van der Waals surface area contributed by atoms with Crippen LogP contribution in [-0.4, -0.2) is 49.3 Å². The van der Waals surface area contributed by atoms with E-state index in [1.54, 1.807) is 18.2 Å². The van der Waals surface area contributed by atoms with Crippen molar-refractivity contribution in [2.24, 2.45) is 0 Å². The van der Waals surface area contributed by atoms with Crippen LogP contribution >= 0.6 is 22.9 Å². The molecule has 11 heteroatoms. The SMILES string of the molecule is N#Cc1ccc(OCc2sc(-c3ccc(C(F)(F)F)cc3)nc2COCCN2CCOCC2)cc1Cl. The number of thiazole rings is 1. The average Bonchev–Trinajstić information content (AvgIpc) is 3.28. The van der Waals surface area contributed by atoms with E-state index in [1.807, 2.05) is 6.07 Å². The largest absolute Gasteiger partial charge is 0.488 e. The number of nitriles is 1. The number of morpholine rings is 1. The fraction of sp³-hybridized carbons (Fsp3) is 0.360. The van der Waals surface area contributed by atoms with Gasteiger partial charge >= 0.3 is 6.18 Å². The van der Waals surface area contributed by atoms with Crippen LogP contribution in [0.1, 0.15) is 21.7 Å². The number of alkyl halides is 3. The van der Waals surface area contributed by atoms with E-state index in [1.165, 1.54) is 23.5 Å². The Morgan fingerprint density at radius 3 is 2.53 bits per heavy atom. The van der Waals surface area contributed by atoms with Crippen molar-refractivity contribution in [1.29, 1.82) is 5.26 Å². The third kappa shape index (κ3) is 6.96. The van der Waals surface area contributed by atoms with Crippen LogP contribution < -0.4 is 4.74 Å². The molecule has 190 valence electrons. The van der Waals surface area contributed by atoms with Crippen molar-refractivity contribution in [2.45, 2.75) is 19.4 Å². The molecule has 3 aromatic rings. The molecule has 36 heavy (non-hydrogen) atoms. The molecule has 4 rings (SSSR count). The fourth-order valence-electron chi connectivity index (χ4n) is 3.55. The van der Waals surface area contributed by atoms with Gasteiger partial charge in [0, 0.05) is 31.3 Å². The van der Waals surface area contributed by atoms with E-state index < -0.39 is 11.7 Å². The molecule has 0 N–H and O–H groups in total. The number of hydrogen-bond donors (Lipinski definition) is 0. The van der Waals surface area contributed by atoms with E-state index >= 15 is 0 Å². The highest BCUT2D eigenvalue weighted by atomic mass is 35.5. The minimum atomic E-state index is -4.40. The van der Waals surface area contributed by atoms with Gasteiger partial charge in [-0.1, -0.05) is 23.7 Å². The van der Waals surface area contributed by atoms with E-state index in [0.717, 1.165) is 36.6 Å². The first-order valence-electron chi connectivity index (χ1n) is 11.2. The highest BCUT2D eigenvalue weighted by molar-refractivity contribution is 7.15. The van der Waals surface area contributed by atoms with Crippen LogP contribution in [-0.2, 0) is 28.9 Å². The summed E-state index contributed by atoms with van der Waals surface area (Å²) in [5.41, 5.74) is 0.878. The summed E-state index contributed by atoms with van der Waals surface area (Å²) in [6, 6.07) is 11.7. The van der Waals surface area contributed by atoms with Gasteiger partial charge in [-0.15, -0.1) is 11.3 Å². The standard InChI is InChI=1S/C25H23ClF3N3O3S/c26-21-13-20(6-3-18(21)14-30)35-16-23-22(15-34-12-9-32-7-10-33-11-8-32)31-24(36-23)17-1-4-19(5-2-17)25(27,28)29/h1-6,13H,7-12,15-16H2. The lowest BCUT2D eigenvalue weighted by Gasteiger charge is -2.26. The minimum Gasteiger partial charge on any atom is -0.488 e. The number of rotatable bonds is 9. The maximum absolute atomic E-state index is 13.0. The number of nitrogens with zero attached hydrogens (tertiary/aromatic N) is 3. The zero-order valence-corrected chi connectivity index (χ0v) is 20.8. The second kappa shape index (κ2) is 12.0. The summed E-state index contributed by atoms with van der Waals surface area (Å²) in [5.74, 6) is 0.489. The summed E-state index contributed by atoms with van der Waals surface area (Å²) in [7, 11) is 0. The maximum Gasteiger partial charge on any atom is 0.416 e. The van der Waals surface area contributed by atoms with Gasteiger partial charge in [0.05, 0.1) is 53.1 Å². The summed E-state index contributed by atoms with van der Waals surface area (Å²) in [6.45, 7) is 4.85. The number of halogens is 4. The molecule has 1 aliphatic rings. The Kier molecular flexibility index (Phi) is 8.82. The Labute approximate surface area is 215 Å². The van der Waals surface area contributed by atoms with Crippen LogP contribution in [0.3, 0.4) is 0 Å². The molecule has 0 unspecified atom stereocenters. The van der Waals surface area contributed by atoms with Gasteiger partial charge in [-0.25, -0.2) is 4.98 Å². The van der Waals surface area contributed by atoms with Crippen molar-refractivity contribution in [1.82, 2.24) is 9.88 Å². The van der Waals surface area contributed by atoms with Gasteiger partial charge in [-0.05, 0) is 24.3 Å². The summed E-state index contributed by atoms with van der Waals surface area (Å²) in [6.07, 6.45) is -4.40. The third-order valence-electron chi connectivity index (χ3n) is 5.56. The number of ether oxygens (including phenoxy) is 3. The molecule has 0 amide bonds. The highest BCUT2D eigenvalue weighted by Gasteiger charge is 2.30. The second-order valence-electron chi connectivity index (χ2n) is 8.01. The second-order valence-corrected chi connectivity index (χ2v) is 9.50. The predicted octanol–water partition coefficient (Wildman–Crippen LogP) is 5.78. The van der Waals surface area contributed by atoms with Gasteiger partial charge in [0.15, 0.2) is 0 Å². The molecule has 1 aliphatic heterocycles. The molecule has 0 radical (unpaired) electrons. The Morgan fingerprint density at radius 2 is 1.86 bits per heavy atom. The number of benzene rings is 2. The van der Waals surface area contributed by atoms with E-state index in [4.69, 9.17) is 31.1 Å². The van der Waals surface area contributed by atoms with Gasteiger partial charge in [0.2, 0.25) is 0 Å². The van der Waals surface area contributed by atoms with Crippen molar-refractivity contribution in [2.75, 3.05) is 39.5 Å². The number of aromatic nitrogens is 1. The summed E-state index contributed by atoms with van der Waals surface area (Å²) < 4.78 is 56.0. The Bertz CT molecular complexity index is 1210. The van der Waals surface area contributed by atoms with Gasteiger partial charge in [-0.3, -0.25) is 4.90 Å². The first kappa shape index (κ1) is 26.4. The van der Waals surface area contributed by atoms with Crippen molar-refractivity contribution in [3.63, 3.8) is 0 Å². The van der Waals surface area contributed by atoms with E-state index in [9.17, 15) is 13.2 Å². The van der Waals surface area contributed by atoms with Crippen molar-refractivity contribution in [3.05, 3.63) is 69.2 Å². The quantitative estimate of drug-likeness (QED) is 0.322. The molecular formula is C25H23ClF3N3O3S. The molecule has 1 aromatic heterocycles. The molecule has 0 aliphatic carbocycles. The Hall–Kier alpha value is -2.68. The lowest BCUT2D eigenvalue weighted by Crippen LogP contribution is -2.38. The Balaban J connectivity index is 1.47. The van der Waals surface area contributed by atoms with Crippen LogP contribution in [0, 0.1) is 11.3 Å². The van der Waals surface area contributed by atoms with Crippen molar-refractivity contribution >= 4 is 22.9 Å². The van der Waals surface area contributed by atoms with Crippen LogP contribution in [0.15, 0.2) is 42.5 Å². The molecule has 2 heterocycles. The van der Waals surface area contributed by atoms with Crippen molar-refractivity contribution in [3.8, 4) is 22.4 Å². The maximum atomic E-state index is 13.0. The molecule has 0 atom stereocenters. The van der Waals surface area contributed by atoms with Gasteiger partial charge in [-0.2, -0.15) is 18.4 Å². The van der Waals surface area contributed by atoms with E-state index in [2.05, 4.69) is 9.88 Å². The molecule has 0 spiro atoms. The minimum absolute atomic E-state index is 0.169. The van der Waals surface area contributed by atoms with Gasteiger partial charge in [0.25, 0.3) is 0 Å². The summed E-state index contributed by atoms with van der Waals surface area (Å²) >= 11 is 7.43. The molecule has 1 saturated heterocycles. The average molecular weight is 538 g/mol.